The molecule has 1 aliphatic rings. The van der Waals surface area contributed by atoms with Crippen molar-refractivity contribution in [1.82, 2.24) is 14.8 Å². The summed E-state index contributed by atoms with van der Waals surface area (Å²) in [7, 11) is 1.64. The van der Waals surface area contributed by atoms with Gasteiger partial charge in [0.2, 0.25) is 0 Å². The Balaban J connectivity index is 1.99. The van der Waals surface area contributed by atoms with Gasteiger partial charge in [-0.3, -0.25) is 9.59 Å². The maximum Gasteiger partial charge on any atom is 0.263 e. The number of carbonyl (C=O) groups is 1. The maximum atomic E-state index is 12.9. The molecule has 1 fully saturated rings. The van der Waals surface area contributed by atoms with Crippen molar-refractivity contribution in [1.29, 1.82) is 0 Å². The molecule has 1 N–H and O–H groups in total. The number of amides is 1. The molecule has 1 aromatic carbocycles. The second-order valence-electron chi connectivity index (χ2n) is 5.58. The highest BCUT2D eigenvalue weighted by Crippen LogP contribution is 2.29. The molecule has 2 heterocycles. The lowest BCUT2D eigenvalue weighted by Crippen LogP contribution is -2.49. The molecular formula is C17H18ClN3O2. The second kappa shape index (κ2) is 6.56. The van der Waals surface area contributed by atoms with Crippen LogP contribution in [0, 0.1) is 0 Å². The number of benzene rings is 1. The van der Waals surface area contributed by atoms with Crippen LogP contribution >= 0.6 is 11.6 Å². The predicted octanol–water partition coefficient (Wildman–Crippen LogP) is 1.83. The fourth-order valence-electron chi connectivity index (χ4n) is 2.89. The summed E-state index contributed by atoms with van der Waals surface area (Å²) in [4.78, 5) is 26.9. The number of carbonyl (C=O) groups excluding carboxylic acids is 1. The van der Waals surface area contributed by atoms with Crippen molar-refractivity contribution < 1.29 is 4.79 Å². The molecule has 3 rings (SSSR count). The Morgan fingerprint density at radius 3 is 2.83 bits per heavy atom. The highest BCUT2D eigenvalue weighted by molar-refractivity contribution is 6.31. The minimum absolute atomic E-state index is 0.185. The van der Waals surface area contributed by atoms with Crippen LogP contribution in [0.1, 0.15) is 22.0 Å². The minimum Gasteiger partial charge on any atom is -0.329 e. The lowest BCUT2D eigenvalue weighted by atomic mass is 10.0. The first-order chi connectivity index (χ1) is 11.1. The number of hydrogen-bond acceptors (Lipinski definition) is 3. The molecule has 1 unspecified atom stereocenters. The Bertz CT molecular complexity index is 787. The molecule has 1 amide bonds. The van der Waals surface area contributed by atoms with Crippen LogP contribution in [0.2, 0.25) is 5.02 Å². The van der Waals surface area contributed by atoms with E-state index < -0.39 is 0 Å². The first kappa shape index (κ1) is 15.8. The van der Waals surface area contributed by atoms with E-state index in [1.807, 2.05) is 24.3 Å². The van der Waals surface area contributed by atoms with Gasteiger partial charge in [0.15, 0.2) is 0 Å². The minimum atomic E-state index is -0.283. The third-order valence-corrected chi connectivity index (χ3v) is 4.47. The summed E-state index contributed by atoms with van der Waals surface area (Å²) in [5, 5.41) is 3.91. The standard InChI is InChI=1S/C17H18ClN3O2/c1-20-9-4-6-13(16(20)22)17(23)21-10-8-19-11-15(21)12-5-2-3-7-14(12)18/h2-7,9,15,19H,8,10-11H2,1H3. The molecule has 120 valence electrons. The van der Waals surface area contributed by atoms with Gasteiger partial charge in [-0.2, -0.15) is 0 Å². The zero-order chi connectivity index (χ0) is 16.4. The fourth-order valence-corrected chi connectivity index (χ4v) is 3.15. The average molecular weight is 332 g/mol. The number of rotatable bonds is 2. The summed E-state index contributed by atoms with van der Waals surface area (Å²) in [6.45, 7) is 1.84. The second-order valence-corrected chi connectivity index (χ2v) is 5.99. The Kier molecular flexibility index (Phi) is 4.50. The van der Waals surface area contributed by atoms with Gasteiger partial charge in [0, 0.05) is 37.9 Å². The number of aryl methyl sites for hydroxylation is 1. The van der Waals surface area contributed by atoms with Gasteiger partial charge in [-0.25, -0.2) is 0 Å². The zero-order valence-electron chi connectivity index (χ0n) is 12.8. The number of nitrogens with zero attached hydrogens (tertiary/aromatic N) is 2. The Morgan fingerprint density at radius 1 is 1.26 bits per heavy atom. The molecule has 5 nitrogen and oxygen atoms in total. The van der Waals surface area contributed by atoms with Crippen LogP contribution in [0.5, 0.6) is 0 Å². The van der Waals surface area contributed by atoms with E-state index in [0.717, 1.165) is 5.56 Å². The van der Waals surface area contributed by atoms with Gasteiger partial charge >= 0.3 is 0 Å². The Morgan fingerprint density at radius 2 is 2.04 bits per heavy atom. The van der Waals surface area contributed by atoms with E-state index in [1.165, 1.54) is 4.57 Å². The maximum absolute atomic E-state index is 12.9. The number of piperazine rings is 1. The molecule has 0 saturated carbocycles. The van der Waals surface area contributed by atoms with Gasteiger partial charge in [-0.05, 0) is 23.8 Å². The molecule has 23 heavy (non-hydrogen) atoms. The Hall–Kier alpha value is -2.11. The van der Waals surface area contributed by atoms with Crippen LogP contribution in [0.25, 0.3) is 0 Å². The third-order valence-electron chi connectivity index (χ3n) is 4.12. The van der Waals surface area contributed by atoms with E-state index in [-0.39, 0.29) is 23.1 Å². The smallest absolute Gasteiger partial charge is 0.263 e. The highest BCUT2D eigenvalue weighted by atomic mass is 35.5. The topological polar surface area (TPSA) is 54.3 Å². The van der Waals surface area contributed by atoms with E-state index in [2.05, 4.69) is 5.32 Å². The van der Waals surface area contributed by atoms with Gasteiger partial charge in [0.25, 0.3) is 11.5 Å². The normalized spacial score (nSPS) is 18.0. The molecule has 0 bridgehead atoms. The van der Waals surface area contributed by atoms with Crippen molar-refractivity contribution in [3.8, 4) is 0 Å². The SMILES string of the molecule is Cn1cccc(C(=O)N2CCNCC2c2ccccc2Cl)c1=O. The molecule has 1 aliphatic heterocycles. The average Bonchev–Trinajstić information content (AvgIpc) is 2.57. The van der Waals surface area contributed by atoms with Crippen molar-refractivity contribution in [2.75, 3.05) is 19.6 Å². The van der Waals surface area contributed by atoms with Crippen molar-refractivity contribution in [2.45, 2.75) is 6.04 Å². The lowest BCUT2D eigenvalue weighted by molar-refractivity contribution is 0.0632. The number of aromatic nitrogens is 1. The summed E-state index contributed by atoms with van der Waals surface area (Å²) in [5.74, 6) is -0.252. The van der Waals surface area contributed by atoms with E-state index in [9.17, 15) is 9.59 Å². The van der Waals surface area contributed by atoms with Crippen LogP contribution in [0.4, 0.5) is 0 Å². The molecule has 2 aromatic rings. The molecule has 1 atom stereocenters. The molecule has 1 saturated heterocycles. The summed E-state index contributed by atoms with van der Waals surface area (Å²) in [6, 6.07) is 10.6. The van der Waals surface area contributed by atoms with E-state index in [0.29, 0.717) is 24.7 Å². The van der Waals surface area contributed by atoms with Crippen molar-refractivity contribution >= 4 is 17.5 Å². The first-order valence-corrected chi connectivity index (χ1v) is 7.89. The van der Waals surface area contributed by atoms with Crippen molar-refractivity contribution in [2.24, 2.45) is 7.05 Å². The molecular weight excluding hydrogens is 314 g/mol. The van der Waals surface area contributed by atoms with Gasteiger partial charge in [0.1, 0.15) is 5.56 Å². The third kappa shape index (κ3) is 3.02. The largest absolute Gasteiger partial charge is 0.329 e. The quantitative estimate of drug-likeness (QED) is 0.913. The monoisotopic (exact) mass is 331 g/mol. The van der Waals surface area contributed by atoms with Crippen molar-refractivity contribution in [3.63, 3.8) is 0 Å². The summed E-state index contributed by atoms with van der Waals surface area (Å²) in [6.07, 6.45) is 1.64. The molecule has 0 radical (unpaired) electrons. The van der Waals surface area contributed by atoms with Crippen LogP contribution in [-0.2, 0) is 7.05 Å². The van der Waals surface area contributed by atoms with E-state index >= 15 is 0 Å². The van der Waals surface area contributed by atoms with Gasteiger partial charge < -0.3 is 14.8 Å². The van der Waals surface area contributed by atoms with Crippen LogP contribution in [0.15, 0.2) is 47.4 Å². The van der Waals surface area contributed by atoms with Gasteiger partial charge in [0.05, 0.1) is 6.04 Å². The highest BCUT2D eigenvalue weighted by Gasteiger charge is 2.30. The fraction of sp³-hybridized carbons (Fsp3) is 0.294. The predicted molar refractivity (Wildman–Crippen MR) is 89.8 cm³/mol. The van der Waals surface area contributed by atoms with E-state index in [1.54, 1.807) is 30.3 Å². The number of pyridine rings is 1. The molecule has 6 heteroatoms. The van der Waals surface area contributed by atoms with Crippen molar-refractivity contribution in [3.05, 3.63) is 69.1 Å². The number of nitrogens with one attached hydrogen (secondary N) is 1. The molecule has 0 spiro atoms. The van der Waals surface area contributed by atoms with Crippen LogP contribution < -0.4 is 10.9 Å². The molecule has 1 aromatic heterocycles. The van der Waals surface area contributed by atoms with Gasteiger partial charge in [-0.15, -0.1) is 0 Å². The van der Waals surface area contributed by atoms with E-state index in [4.69, 9.17) is 11.6 Å². The first-order valence-electron chi connectivity index (χ1n) is 7.51. The lowest BCUT2D eigenvalue weighted by Gasteiger charge is -2.36. The van der Waals surface area contributed by atoms with Gasteiger partial charge in [-0.1, -0.05) is 29.8 Å². The number of hydrogen-bond donors (Lipinski definition) is 1. The summed E-state index contributed by atoms with van der Waals surface area (Å²) < 4.78 is 1.42. The Labute approximate surface area is 139 Å². The molecule has 0 aliphatic carbocycles. The van der Waals surface area contributed by atoms with Crippen LogP contribution in [0.3, 0.4) is 0 Å². The number of halogens is 1. The summed E-state index contributed by atoms with van der Waals surface area (Å²) in [5.41, 5.74) is 0.797. The zero-order valence-corrected chi connectivity index (χ0v) is 13.6. The van der Waals surface area contributed by atoms with Crippen LogP contribution in [-0.4, -0.2) is 35.0 Å². The summed E-state index contributed by atoms with van der Waals surface area (Å²) >= 11 is 6.30.